The molecule has 0 amide bonds. The van der Waals surface area contributed by atoms with Gasteiger partial charge in [-0.05, 0) is 44.1 Å². The highest BCUT2D eigenvalue weighted by Gasteiger charge is 2.50. The molecule has 0 saturated carbocycles. The van der Waals surface area contributed by atoms with Gasteiger partial charge in [0, 0.05) is 6.42 Å². The highest BCUT2D eigenvalue weighted by molar-refractivity contribution is 5.91. The molecule has 11 heteroatoms. The zero-order valence-corrected chi connectivity index (χ0v) is 20.7. The van der Waals surface area contributed by atoms with Gasteiger partial charge in [0.05, 0.1) is 25.9 Å². The van der Waals surface area contributed by atoms with Crippen molar-refractivity contribution in [1.82, 2.24) is 0 Å². The second kappa shape index (κ2) is 11.2. The van der Waals surface area contributed by atoms with E-state index in [4.69, 9.17) is 18.9 Å². The van der Waals surface area contributed by atoms with Gasteiger partial charge < -0.3 is 49.6 Å². The number of hydrogen-bond acceptors (Lipinski definition) is 11. The summed E-state index contributed by atoms with van der Waals surface area (Å²) < 4.78 is 22.1. The van der Waals surface area contributed by atoms with Crippen LogP contribution in [0, 0.1) is 11.3 Å². The van der Waals surface area contributed by atoms with Gasteiger partial charge in [0.25, 0.3) is 0 Å². The van der Waals surface area contributed by atoms with Crippen LogP contribution in [0.1, 0.15) is 47.0 Å². The molecular formula is C24H40O11. The predicted molar refractivity (Wildman–Crippen MR) is 121 cm³/mol. The standard InChI is InChI=1S/C24H40O11/c1-12-7-14(26)8-23(3,4)15(12)6-5-13(2)34-21-19(29)18(28)17(27)16(35-21)9-32-22-20(30)24(31,10-25)11-33-22/h7,13,15-22,25,27-31H,5-6,8-11H2,1-4H3/t13?,15-,16+,17+,18-,19+,20-,21+,22+,24+/m0/s1. The first kappa shape index (κ1) is 28.6. The predicted octanol–water partition coefficient (Wildman–Crippen LogP) is -1.00. The molecule has 2 aliphatic heterocycles. The molecule has 2 heterocycles. The van der Waals surface area contributed by atoms with Gasteiger partial charge in [-0.1, -0.05) is 19.4 Å². The second-order valence-electron chi connectivity index (χ2n) is 10.8. The van der Waals surface area contributed by atoms with Crippen LogP contribution in [0.2, 0.25) is 0 Å². The molecule has 3 aliphatic rings. The van der Waals surface area contributed by atoms with E-state index in [0.29, 0.717) is 12.8 Å². The monoisotopic (exact) mass is 504 g/mol. The van der Waals surface area contributed by atoms with Crippen molar-refractivity contribution in [3.63, 3.8) is 0 Å². The minimum Gasteiger partial charge on any atom is -0.393 e. The van der Waals surface area contributed by atoms with Crippen LogP contribution >= 0.6 is 0 Å². The van der Waals surface area contributed by atoms with Crippen molar-refractivity contribution >= 4 is 5.78 Å². The second-order valence-corrected chi connectivity index (χ2v) is 10.8. The fourth-order valence-corrected chi connectivity index (χ4v) is 5.20. The Labute approximate surface area is 205 Å². The van der Waals surface area contributed by atoms with Gasteiger partial charge in [0.2, 0.25) is 0 Å². The SMILES string of the molecule is CC1=CC(=O)CC(C)(C)[C@H]1CCC(C)O[C@@H]1O[C@H](CO[C@@H]2OC[C@](O)(CO)[C@H]2O)[C@@H](O)[C@H](O)[C@H]1O. The van der Waals surface area contributed by atoms with Crippen molar-refractivity contribution in [2.75, 3.05) is 19.8 Å². The Kier molecular flexibility index (Phi) is 9.13. The Morgan fingerprint density at radius 1 is 1.14 bits per heavy atom. The van der Waals surface area contributed by atoms with Gasteiger partial charge in [-0.25, -0.2) is 0 Å². The van der Waals surface area contributed by atoms with E-state index in [1.165, 1.54) is 0 Å². The largest absolute Gasteiger partial charge is 0.393 e. The molecular weight excluding hydrogens is 464 g/mol. The average molecular weight is 505 g/mol. The molecule has 35 heavy (non-hydrogen) atoms. The van der Waals surface area contributed by atoms with Crippen molar-refractivity contribution in [3.05, 3.63) is 11.6 Å². The van der Waals surface area contributed by atoms with Crippen LogP contribution in [0.3, 0.4) is 0 Å². The van der Waals surface area contributed by atoms with Gasteiger partial charge in [0.1, 0.15) is 36.1 Å². The molecule has 10 atom stereocenters. The lowest BCUT2D eigenvalue weighted by Crippen LogP contribution is -2.60. The molecule has 2 fully saturated rings. The van der Waals surface area contributed by atoms with Crippen molar-refractivity contribution in [2.45, 2.75) is 102 Å². The molecule has 6 N–H and O–H groups in total. The molecule has 0 aromatic carbocycles. The number of carbonyl (C=O) groups is 1. The number of ether oxygens (including phenoxy) is 4. The Balaban J connectivity index is 1.55. The number of hydrogen-bond donors (Lipinski definition) is 6. The summed E-state index contributed by atoms with van der Waals surface area (Å²) in [7, 11) is 0. The van der Waals surface area contributed by atoms with Crippen molar-refractivity contribution in [1.29, 1.82) is 0 Å². The maximum Gasteiger partial charge on any atom is 0.186 e. The molecule has 2 saturated heterocycles. The van der Waals surface area contributed by atoms with E-state index in [9.17, 15) is 35.4 Å². The molecule has 0 bridgehead atoms. The van der Waals surface area contributed by atoms with Crippen molar-refractivity contribution in [2.24, 2.45) is 11.3 Å². The lowest BCUT2D eigenvalue weighted by molar-refractivity contribution is -0.318. The maximum atomic E-state index is 11.9. The van der Waals surface area contributed by atoms with Gasteiger partial charge in [-0.2, -0.15) is 0 Å². The first-order chi connectivity index (χ1) is 16.3. The lowest BCUT2D eigenvalue weighted by atomic mass is 9.66. The fourth-order valence-electron chi connectivity index (χ4n) is 5.20. The molecule has 1 aliphatic carbocycles. The van der Waals surface area contributed by atoms with Gasteiger partial charge in [0.15, 0.2) is 18.4 Å². The first-order valence-corrected chi connectivity index (χ1v) is 12.1. The van der Waals surface area contributed by atoms with Crippen molar-refractivity contribution in [3.8, 4) is 0 Å². The number of carbonyl (C=O) groups excluding carboxylic acids is 1. The van der Waals surface area contributed by atoms with Gasteiger partial charge in [-0.15, -0.1) is 0 Å². The third-order valence-electron chi connectivity index (χ3n) is 7.41. The van der Waals surface area contributed by atoms with Crippen LogP contribution in [0.4, 0.5) is 0 Å². The molecule has 0 radical (unpaired) electrons. The van der Waals surface area contributed by atoms with E-state index in [0.717, 1.165) is 12.0 Å². The zero-order chi connectivity index (χ0) is 26.1. The Morgan fingerprint density at radius 2 is 1.83 bits per heavy atom. The van der Waals surface area contributed by atoms with Gasteiger partial charge >= 0.3 is 0 Å². The van der Waals surface area contributed by atoms with E-state index in [-0.39, 0.29) is 36.4 Å². The Bertz CT molecular complexity index is 771. The first-order valence-electron chi connectivity index (χ1n) is 12.1. The van der Waals surface area contributed by atoms with Crippen LogP contribution in [0.25, 0.3) is 0 Å². The molecule has 11 nitrogen and oxygen atoms in total. The topological polar surface area (TPSA) is 175 Å². The van der Waals surface area contributed by atoms with E-state index < -0.39 is 55.3 Å². The number of ketones is 1. The van der Waals surface area contributed by atoms with Crippen LogP contribution < -0.4 is 0 Å². The van der Waals surface area contributed by atoms with Gasteiger partial charge in [-0.3, -0.25) is 4.79 Å². The van der Waals surface area contributed by atoms with E-state index in [2.05, 4.69) is 13.8 Å². The number of allylic oxidation sites excluding steroid dienone is 2. The fraction of sp³-hybridized carbons (Fsp3) is 0.875. The van der Waals surface area contributed by atoms with Crippen LogP contribution in [-0.4, -0.2) is 111 Å². The quantitative estimate of drug-likeness (QED) is 0.227. The van der Waals surface area contributed by atoms with E-state index >= 15 is 0 Å². The molecule has 202 valence electrons. The molecule has 0 aromatic heterocycles. The Hall–Kier alpha value is -0.990. The summed E-state index contributed by atoms with van der Waals surface area (Å²) in [4.78, 5) is 11.9. The summed E-state index contributed by atoms with van der Waals surface area (Å²) >= 11 is 0. The van der Waals surface area contributed by atoms with E-state index in [1.54, 1.807) is 6.08 Å². The summed E-state index contributed by atoms with van der Waals surface area (Å²) in [6, 6.07) is 0. The number of rotatable bonds is 9. The van der Waals surface area contributed by atoms with Crippen LogP contribution in [0.5, 0.6) is 0 Å². The van der Waals surface area contributed by atoms with Crippen molar-refractivity contribution < 1.29 is 54.4 Å². The molecule has 3 rings (SSSR count). The average Bonchev–Trinajstić information content (AvgIpc) is 3.06. The van der Waals surface area contributed by atoms with E-state index in [1.807, 2.05) is 13.8 Å². The summed E-state index contributed by atoms with van der Waals surface area (Å²) in [5.74, 6) is 0.330. The number of aliphatic hydroxyl groups excluding tert-OH is 5. The highest BCUT2D eigenvalue weighted by atomic mass is 16.7. The smallest absolute Gasteiger partial charge is 0.186 e. The van der Waals surface area contributed by atoms with Crippen LogP contribution in [0.15, 0.2) is 11.6 Å². The highest BCUT2D eigenvalue weighted by Crippen LogP contribution is 2.42. The zero-order valence-electron chi connectivity index (χ0n) is 20.7. The minimum absolute atomic E-state index is 0.129. The molecule has 1 unspecified atom stereocenters. The van der Waals surface area contributed by atoms with Crippen LogP contribution in [-0.2, 0) is 23.7 Å². The summed E-state index contributed by atoms with van der Waals surface area (Å²) in [6.45, 7) is 6.51. The third kappa shape index (κ3) is 6.30. The molecule has 0 spiro atoms. The lowest BCUT2D eigenvalue weighted by Gasteiger charge is -2.42. The Morgan fingerprint density at radius 3 is 2.43 bits per heavy atom. The molecule has 0 aromatic rings. The normalized spacial score (nSPS) is 42.7. The minimum atomic E-state index is -1.86. The summed E-state index contributed by atoms with van der Waals surface area (Å²) in [6.07, 6.45) is -6.51. The summed E-state index contributed by atoms with van der Waals surface area (Å²) in [5, 5.41) is 60.4. The maximum absolute atomic E-state index is 11.9. The number of aliphatic hydroxyl groups is 6. The third-order valence-corrected chi connectivity index (χ3v) is 7.41. The summed E-state index contributed by atoms with van der Waals surface area (Å²) in [5.41, 5.74) is -0.997.